The largest absolute Gasteiger partial charge is 0.384 e. The predicted molar refractivity (Wildman–Crippen MR) is 99.5 cm³/mol. The normalized spacial score (nSPS) is 22.4. The number of halogens is 4. The smallest absolute Gasteiger partial charge is 0.159 e. The highest BCUT2D eigenvalue weighted by atomic mass is 79.9. The molecular formula is C19H16BrF3N4O. The number of piperidine rings is 1. The average molecular weight is 453 g/mol. The van der Waals surface area contributed by atoms with E-state index >= 15 is 0 Å². The molecule has 2 N–H and O–H groups in total. The van der Waals surface area contributed by atoms with E-state index in [1.807, 2.05) is 0 Å². The molecule has 2 aromatic carbocycles. The summed E-state index contributed by atoms with van der Waals surface area (Å²) in [6, 6.07) is 7.59. The minimum absolute atomic E-state index is 0.287. The van der Waals surface area contributed by atoms with Crippen molar-refractivity contribution < 1.29 is 18.3 Å². The second-order valence-corrected chi connectivity index (χ2v) is 7.60. The van der Waals surface area contributed by atoms with Crippen molar-refractivity contribution in [1.82, 2.24) is 20.3 Å². The molecule has 0 aliphatic carbocycles. The molecule has 0 saturated carbocycles. The Kier molecular flexibility index (Phi) is 4.98. The van der Waals surface area contributed by atoms with Crippen molar-refractivity contribution in [3.8, 4) is 5.69 Å². The molecule has 1 aliphatic rings. The van der Waals surface area contributed by atoms with E-state index in [1.54, 1.807) is 12.3 Å². The van der Waals surface area contributed by atoms with Gasteiger partial charge in [-0.1, -0.05) is 11.3 Å². The fraction of sp³-hybridized carbons (Fsp3) is 0.263. The molecule has 0 radical (unpaired) electrons. The molecule has 5 nitrogen and oxygen atoms in total. The maximum Gasteiger partial charge on any atom is 0.159 e. The Bertz CT molecular complexity index is 1030. The maximum atomic E-state index is 13.8. The summed E-state index contributed by atoms with van der Waals surface area (Å²) in [7, 11) is 0. The zero-order valence-corrected chi connectivity index (χ0v) is 16.1. The Morgan fingerprint density at radius 1 is 1.14 bits per heavy atom. The number of aromatic nitrogens is 3. The zero-order chi connectivity index (χ0) is 19.9. The molecule has 1 saturated heterocycles. The molecule has 9 heteroatoms. The van der Waals surface area contributed by atoms with Gasteiger partial charge in [0.05, 0.1) is 23.5 Å². The van der Waals surface area contributed by atoms with Crippen molar-refractivity contribution in [3.63, 3.8) is 0 Å². The molecule has 1 aliphatic heterocycles. The Hall–Kier alpha value is -2.23. The lowest BCUT2D eigenvalue weighted by molar-refractivity contribution is -0.0169. The van der Waals surface area contributed by atoms with Crippen LogP contribution in [0.5, 0.6) is 0 Å². The fourth-order valence-corrected chi connectivity index (χ4v) is 4.08. The van der Waals surface area contributed by atoms with E-state index in [4.69, 9.17) is 0 Å². The number of nitrogens with zero attached hydrogens (tertiary/aromatic N) is 3. The van der Waals surface area contributed by atoms with E-state index in [1.165, 1.54) is 22.9 Å². The van der Waals surface area contributed by atoms with Crippen LogP contribution in [0.4, 0.5) is 13.2 Å². The van der Waals surface area contributed by atoms with Crippen LogP contribution in [0.1, 0.15) is 23.6 Å². The number of hydrogen-bond acceptors (Lipinski definition) is 4. The first kappa shape index (κ1) is 19.1. The maximum absolute atomic E-state index is 13.8. The number of rotatable bonds is 3. The monoisotopic (exact) mass is 452 g/mol. The number of aliphatic hydroxyl groups is 1. The summed E-state index contributed by atoms with van der Waals surface area (Å²) >= 11 is 3.30. The summed E-state index contributed by atoms with van der Waals surface area (Å²) in [6.07, 6.45) is 1.94. The van der Waals surface area contributed by atoms with E-state index in [9.17, 15) is 18.3 Å². The first-order chi connectivity index (χ1) is 13.4. The quantitative estimate of drug-likeness (QED) is 0.639. The third-order valence-electron chi connectivity index (χ3n) is 5.05. The van der Waals surface area contributed by atoms with E-state index < -0.39 is 23.2 Å². The van der Waals surface area contributed by atoms with Crippen LogP contribution in [-0.4, -0.2) is 33.2 Å². The van der Waals surface area contributed by atoms with Crippen molar-refractivity contribution >= 4 is 15.9 Å². The van der Waals surface area contributed by atoms with Crippen LogP contribution in [0, 0.1) is 17.5 Å². The van der Waals surface area contributed by atoms with Gasteiger partial charge in [0, 0.05) is 11.0 Å². The zero-order valence-electron chi connectivity index (χ0n) is 14.5. The molecule has 0 amide bonds. The van der Waals surface area contributed by atoms with Gasteiger partial charge in [0.25, 0.3) is 0 Å². The molecular weight excluding hydrogens is 437 g/mol. The molecule has 146 valence electrons. The van der Waals surface area contributed by atoms with E-state index in [0.29, 0.717) is 35.4 Å². The molecule has 3 aromatic rings. The second-order valence-electron chi connectivity index (χ2n) is 6.74. The predicted octanol–water partition coefficient (Wildman–Crippen LogP) is 3.41. The van der Waals surface area contributed by atoms with E-state index in [2.05, 4.69) is 31.6 Å². The van der Waals surface area contributed by atoms with Gasteiger partial charge in [0.1, 0.15) is 11.4 Å². The summed E-state index contributed by atoms with van der Waals surface area (Å²) in [5.41, 5.74) is -0.0768. The van der Waals surface area contributed by atoms with Gasteiger partial charge in [-0.05, 0) is 64.8 Å². The molecule has 2 atom stereocenters. The van der Waals surface area contributed by atoms with Gasteiger partial charge in [-0.15, -0.1) is 5.10 Å². The van der Waals surface area contributed by atoms with Crippen LogP contribution in [0.3, 0.4) is 0 Å². The summed E-state index contributed by atoms with van der Waals surface area (Å²) in [4.78, 5) is 0. The van der Waals surface area contributed by atoms with Crippen molar-refractivity contribution in [2.45, 2.75) is 17.9 Å². The van der Waals surface area contributed by atoms with E-state index in [0.717, 1.165) is 12.1 Å². The highest BCUT2D eigenvalue weighted by Crippen LogP contribution is 2.41. The van der Waals surface area contributed by atoms with Crippen molar-refractivity contribution in [3.05, 3.63) is 75.8 Å². The standard InChI is InChI=1S/C19H16BrF3N4O/c20-14-8-12(21)2-4-18(14)27-10-17(25-26-27)13-9-24-6-5-19(13,28)11-1-3-15(22)16(23)7-11/h1-4,7-8,10,13,24,28H,5-6,9H2. The first-order valence-electron chi connectivity index (χ1n) is 8.65. The van der Waals surface area contributed by atoms with Gasteiger partial charge in [-0.25, -0.2) is 17.9 Å². The summed E-state index contributed by atoms with van der Waals surface area (Å²) in [5.74, 6) is -2.90. The van der Waals surface area contributed by atoms with Crippen LogP contribution in [-0.2, 0) is 5.60 Å². The van der Waals surface area contributed by atoms with Gasteiger partial charge in [0.2, 0.25) is 0 Å². The highest BCUT2D eigenvalue weighted by molar-refractivity contribution is 9.10. The van der Waals surface area contributed by atoms with Gasteiger partial charge in [-0.3, -0.25) is 0 Å². The fourth-order valence-electron chi connectivity index (χ4n) is 3.55. The second kappa shape index (κ2) is 7.31. The van der Waals surface area contributed by atoms with Crippen molar-refractivity contribution in [2.24, 2.45) is 0 Å². The lowest BCUT2D eigenvalue weighted by atomic mass is 9.75. The molecule has 2 unspecified atom stereocenters. The van der Waals surface area contributed by atoms with Crippen LogP contribution >= 0.6 is 15.9 Å². The Morgan fingerprint density at radius 3 is 2.71 bits per heavy atom. The lowest BCUT2D eigenvalue weighted by Crippen LogP contribution is -2.46. The molecule has 2 heterocycles. The van der Waals surface area contributed by atoms with Gasteiger partial charge in [-0.2, -0.15) is 0 Å². The molecule has 0 spiro atoms. The average Bonchev–Trinajstić information content (AvgIpc) is 3.13. The van der Waals surface area contributed by atoms with Gasteiger partial charge < -0.3 is 10.4 Å². The van der Waals surface area contributed by atoms with Gasteiger partial charge >= 0.3 is 0 Å². The highest BCUT2D eigenvalue weighted by Gasteiger charge is 2.43. The molecule has 4 rings (SSSR count). The Labute approximate surface area is 167 Å². The molecule has 0 bridgehead atoms. The lowest BCUT2D eigenvalue weighted by Gasteiger charge is -2.39. The first-order valence-corrected chi connectivity index (χ1v) is 9.44. The van der Waals surface area contributed by atoms with Crippen molar-refractivity contribution in [2.75, 3.05) is 13.1 Å². The van der Waals surface area contributed by atoms with Crippen LogP contribution in [0.15, 0.2) is 47.1 Å². The summed E-state index contributed by atoms with van der Waals surface area (Å²) in [6.45, 7) is 0.905. The third-order valence-corrected chi connectivity index (χ3v) is 5.69. The SMILES string of the molecule is OC1(c2ccc(F)c(F)c2)CCNCC1c1cn(-c2ccc(F)cc2Br)nn1. The number of benzene rings is 2. The Morgan fingerprint density at radius 2 is 1.96 bits per heavy atom. The van der Waals surface area contributed by atoms with Crippen LogP contribution in [0.25, 0.3) is 5.69 Å². The van der Waals surface area contributed by atoms with Crippen molar-refractivity contribution in [1.29, 1.82) is 0 Å². The van der Waals surface area contributed by atoms with E-state index in [-0.39, 0.29) is 11.4 Å². The molecule has 1 aromatic heterocycles. The topological polar surface area (TPSA) is 63.0 Å². The minimum Gasteiger partial charge on any atom is -0.384 e. The number of hydrogen-bond donors (Lipinski definition) is 2. The van der Waals surface area contributed by atoms with Gasteiger partial charge in [0.15, 0.2) is 11.6 Å². The van der Waals surface area contributed by atoms with Crippen LogP contribution in [0.2, 0.25) is 0 Å². The number of nitrogens with one attached hydrogen (secondary N) is 1. The molecule has 28 heavy (non-hydrogen) atoms. The Balaban J connectivity index is 1.72. The summed E-state index contributed by atoms with van der Waals surface area (Å²) in [5, 5.41) is 22.8. The molecule has 1 fully saturated rings. The minimum atomic E-state index is -1.43. The third kappa shape index (κ3) is 3.34. The summed E-state index contributed by atoms with van der Waals surface area (Å²) < 4.78 is 42.4. The van der Waals surface area contributed by atoms with Crippen LogP contribution < -0.4 is 5.32 Å².